The van der Waals surface area contributed by atoms with Crippen molar-refractivity contribution in [3.8, 4) is 0 Å². The lowest BCUT2D eigenvalue weighted by Gasteiger charge is -2.11. The number of carbonyl (C=O) groups excluding carboxylic acids is 1. The second-order valence-electron chi connectivity index (χ2n) is 5.11. The number of hydrogen-bond donors (Lipinski definition) is 1. The molecule has 0 saturated heterocycles. The Bertz CT molecular complexity index is 842. The van der Waals surface area contributed by atoms with Crippen LogP contribution in [0.2, 0.25) is 0 Å². The van der Waals surface area contributed by atoms with Gasteiger partial charge in [-0.15, -0.1) is 0 Å². The molecular weight excluding hydrogens is 306 g/mol. The van der Waals surface area contributed by atoms with Gasteiger partial charge in [-0.2, -0.15) is 0 Å². The number of nitrogens with one attached hydrogen (secondary N) is 1. The Morgan fingerprint density at radius 3 is 2.86 bits per heavy atom. The largest absolute Gasteiger partial charge is 0.445 e. The molecule has 0 saturated carbocycles. The smallest absolute Gasteiger partial charge is 0.241 e. The van der Waals surface area contributed by atoms with E-state index in [9.17, 15) is 13.2 Å². The zero-order valence-electron chi connectivity index (χ0n) is 12.2. The topological polar surface area (TPSA) is 92.5 Å². The molecule has 116 valence electrons. The van der Waals surface area contributed by atoms with Crippen LogP contribution in [0.5, 0.6) is 0 Å². The molecule has 1 aliphatic rings. The number of nitrogens with zero attached hydrogens (tertiary/aromatic N) is 2. The molecule has 0 spiro atoms. The van der Waals surface area contributed by atoms with E-state index >= 15 is 0 Å². The normalized spacial score (nSPS) is 14.5. The first-order valence-corrected chi connectivity index (χ1v) is 8.15. The number of oxazole rings is 1. The molecule has 0 aliphatic carbocycles. The molecule has 1 N–H and O–H groups in total. The van der Waals surface area contributed by atoms with Crippen LogP contribution < -0.4 is 9.62 Å². The predicted octanol–water partition coefficient (Wildman–Crippen LogP) is 0.980. The van der Waals surface area contributed by atoms with Gasteiger partial charge in [-0.3, -0.25) is 4.79 Å². The first-order valence-electron chi connectivity index (χ1n) is 6.67. The number of rotatable bonds is 4. The monoisotopic (exact) mass is 321 g/mol. The van der Waals surface area contributed by atoms with E-state index in [2.05, 4.69) is 9.71 Å². The molecule has 1 aromatic heterocycles. The number of carbonyl (C=O) groups is 1. The number of benzene rings is 1. The average molecular weight is 321 g/mol. The molecule has 0 atom stereocenters. The van der Waals surface area contributed by atoms with Crippen molar-refractivity contribution in [3.05, 3.63) is 41.6 Å². The van der Waals surface area contributed by atoms with Crippen molar-refractivity contribution >= 4 is 21.6 Å². The minimum Gasteiger partial charge on any atom is -0.445 e. The summed E-state index contributed by atoms with van der Waals surface area (Å²) in [6.07, 6.45) is 1.74. The van der Waals surface area contributed by atoms with Crippen LogP contribution in [-0.4, -0.2) is 26.4 Å². The third kappa shape index (κ3) is 2.62. The van der Waals surface area contributed by atoms with E-state index in [4.69, 9.17) is 4.42 Å². The summed E-state index contributed by atoms with van der Waals surface area (Å²) < 4.78 is 32.3. The molecule has 0 unspecified atom stereocenters. The molecule has 2 heterocycles. The van der Waals surface area contributed by atoms with Crippen LogP contribution in [0.1, 0.15) is 17.2 Å². The molecule has 1 aliphatic heterocycles. The Hall–Kier alpha value is -2.19. The number of likely N-dealkylation sites (N-methyl/N-ethyl adjacent to an activating group) is 1. The summed E-state index contributed by atoms with van der Waals surface area (Å²) in [7, 11) is -2.01. The Balaban J connectivity index is 1.81. The van der Waals surface area contributed by atoms with E-state index in [-0.39, 0.29) is 23.8 Å². The van der Waals surface area contributed by atoms with E-state index < -0.39 is 10.0 Å². The van der Waals surface area contributed by atoms with Crippen LogP contribution in [-0.2, 0) is 27.8 Å². The van der Waals surface area contributed by atoms with Crippen molar-refractivity contribution in [1.82, 2.24) is 9.71 Å². The van der Waals surface area contributed by atoms with Crippen molar-refractivity contribution in [2.75, 3.05) is 11.9 Å². The van der Waals surface area contributed by atoms with E-state index in [0.717, 1.165) is 5.69 Å². The van der Waals surface area contributed by atoms with Gasteiger partial charge in [0, 0.05) is 12.7 Å². The summed E-state index contributed by atoms with van der Waals surface area (Å²) in [6.45, 7) is 1.71. The Morgan fingerprint density at radius 1 is 1.41 bits per heavy atom. The highest BCUT2D eigenvalue weighted by Gasteiger charge is 2.26. The molecule has 8 heteroatoms. The van der Waals surface area contributed by atoms with Gasteiger partial charge in [0.1, 0.15) is 5.76 Å². The third-order valence-electron chi connectivity index (χ3n) is 3.52. The van der Waals surface area contributed by atoms with Crippen LogP contribution in [0.4, 0.5) is 5.69 Å². The van der Waals surface area contributed by atoms with Crippen LogP contribution in [0.15, 0.2) is 33.7 Å². The Labute approximate surface area is 128 Å². The van der Waals surface area contributed by atoms with E-state index in [1.807, 2.05) is 0 Å². The van der Waals surface area contributed by atoms with Gasteiger partial charge in [-0.1, -0.05) is 0 Å². The third-order valence-corrected chi connectivity index (χ3v) is 4.92. The fourth-order valence-corrected chi connectivity index (χ4v) is 3.36. The van der Waals surface area contributed by atoms with Gasteiger partial charge >= 0.3 is 0 Å². The van der Waals surface area contributed by atoms with Gasteiger partial charge < -0.3 is 9.32 Å². The van der Waals surface area contributed by atoms with Crippen molar-refractivity contribution in [2.45, 2.75) is 24.8 Å². The summed E-state index contributed by atoms with van der Waals surface area (Å²) >= 11 is 0. The van der Waals surface area contributed by atoms with Crippen LogP contribution in [0.3, 0.4) is 0 Å². The lowest BCUT2D eigenvalue weighted by atomic mass is 10.2. The van der Waals surface area contributed by atoms with Crippen molar-refractivity contribution in [3.63, 3.8) is 0 Å². The highest BCUT2D eigenvalue weighted by Crippen LogP contribution is 2.29. The molecule has 0 radical (unpaired) electrons. The Morgan fingerprint density at radius 2 is 2.18 bits per heavy atom. The van der Waals surface area contributed by atoms with E-state index in [1.54, 1.807) is 20.0 Å². The van der Waals surface area contributed by atoms with Crippen LogP contribution in [0, 0.1) is 6.92 Å². The average Bonchev–Trinajstić information content (AvgIpc) is 3.01. The SMILES string of the molecule is Cc1cnc(CNS(=O)(=O)c2ccc3c(c2)CC(=O)N3C)o1. The van der Waals surface area contributed by atoms with Gasteiger partial charge in [0.25, 0.3) is 0 Å². The van der Waals surface area contributed by atoms with Gasteiger partial charge in [0.15, 0.2) is 0 Å². The lowest BCUT2D eigenvalue weighted by Crippen LogP contribution is -2.23. The second kappa shape index (κ2) is 5.22. The van der Waals surface area contributed by atoms with E-state index in [0.29, 0.717) is 17.2 Å². The molecule has 22 heavy (non-hydrogen) atoms. The first-order chi connectivity index (χ1) is 10.4. The van der Waals surface area contributed by atoms with E-state index in [1.165, 1.54) is 23.2 Å². The van der Waals surface area contributed by atoms with Crippen molar-refractivity contribution in [2.24, 2.45) is 0 Å². The number of sulfonamides is 1. The predicted molar refractivity (Wildman–Crippen MR) is 78.8 cm³/mol. The summed E-state index contributed by atoms with van der Waals surface area (Å²) in [6, 6.07) is 4.65. The molecule has 2 aromatic rings. The molecule has 0 fully saturated rings. The maximum atomic E-state index is 12.3. The number of amides is 1. The van der Waals surface area contributed by atoms with Crippen LogP contribution in [0.25, 0.3) is 0 Å². The standard InChI is InChI=1S/C14H15N3O4S/c1-9-7-15-13(21-9)8-16-22(19,20)11-3-4-12-10(5-11)6-14(18)17(12)2/h3-5,7,16H,6,8H2,1-2H3. The highest BCUT2D eigenvalue weighted by atomic mass is 32.2. The number of aromatic nitrogens is 1. The highest BCUT2D eigenvalue weighted by molar-refractivity contribution is 7.89. The molecule has 1 aromatic carbocycles. The number of aryl methyl sites for hydroxylation is 1. The fourth-order valence-electron chi connectivity index (χ4n) is 2.34. The quantitative estimate of drug-likeness (QED) is 0.906. The summed E-state index contributed by atoms with van der Waals surface area (Å²) in [5.74, 6) is 0.873. The van der Waals surface area contributed by atoms with Crippen LogP contribution >= 0.6 is 0 Å². The maximum absolute atomic E-state index is 12.3. The number of fused-ring (bicyclic) bond motifs is 1. The fraction of sp³-hybridized carbons (Fsp3) is 0.286. The molecular formula is C14H15N3O4S. The molecule has 3 rings (SSSR count). The lowest BCUT2D eigenvalue weighted by molar-refractivity contribution is -0.117. The van der Waals surface area contributed by atoms with Crippen molar-refractivity contribution < 1.29 is 17.6 Å². The van der Waals surface area contributed by atoms with Gasteiger partial charge in [0.05, 0.1) is 24.1 Å². The maximum Gasteiger partial charge on any atom is 0.241 e. The second-order valence-corrected chi connectivity index (χ2v) is 6.88. The summed E-state index contributed by atoms with van der Waals surface area (Å²) in [5.41, 5.74) is 1.45. The van der Waals surface area contributed by atoms with Crippen molar-refractivity contribution in [1.29, 1.82) is 0 Å². The van der Waals surface area contributed by atoms with Gasteiger partial charge in [-0.05, 0) is 30.7 Å². The molecule has 1 amide bonds. The Kier molecular flexibility index (Phi) is 3.50. The minimum atomic E-state index is -3.69. The minimum absolute atomic E-state index is 0.0217. The number of anilines is 1. The first kappa shape index (κ1) is 14.7. The number of hydrogen-bond acceptors (Lipinski definition) is 5. The molecule has 0 bridgehead atoms. The molecule has 7 nitrogen and oxygen atoms in total. The summed E-state index contributed by atoms with van der Waals surface area (Å²) in [5, 5.41) is 0. The zero-order valence-corrected chi connectivity index (χ0v) is 13.0. The van der Waals surface area contributed by atoms with Gasteiger partial charge in [-0.25, -0.2) is 18.1 Å². The zero-order chi connectivity index (χ0) is 15.9. The van der Waals surface area contributed by atoms with Gasteiger partial charge in [0.2, 0.25) is 21.8 Å². The summed E-state index contributed by atoms with van der Waals surface area (Å²) in [4.78, 5) is 17.2.